The number of amidine groups is 1. The van der Waals surface area contributed by atoms with E-state index < -0.39 is 0 Å². The van der Waals surface area contributed by atoms with Crippen molar-refractivity contribution in [2.75, 3.05) is 0 Å². The second-order valence-corrected chi connectivity index (χ2v) is 5.21. The van der Waals surface area contributed by atoms with Crippen molar-refractivity contribution in [1.29, 1.82) is 0 Å². The molecule has 1 aliphatic heterocycles. The molecule has 0 amide bonds. The first-order chi connectivity index (χ1) is 7.83. The zero-order valence-corrected chi connectivity index (χ0v) is 10.1. The lowest BCUT2D eigenvalue weighted by molar-refractivity contribution is 0.231. The third-order valence-electron chi connectivity index (χ3n) is 2.58. The first-order valence-electron chi connectivity index (χ1n) is 5.57. The topological polar surface area (TPSA) is 44.6 Å². The van der Waals surface area contributed by atoms with Crippen molar-refractivity contribution in [3.8, 4) is 0 Å². The van der Waals surface area contributed by atoms with Gasteiger partial charge in [0.15, 0.2) is 0 Å². The van der Waals surface area contributed by atoms with E-state index in [-0.39, 0.29) is 0 Å². The molecule has 2 N–H and O–H groups in total. The quantitative estimate of drug-likeness (QED) is 0.774. The number of rotatable bonds is 2. The smallest absolute Gasteiger partial charge is 0.127 e. The van der Waals surface area contributed by atoms with Crippen molar-refractivity contribution in [1.82, 2.24) is 5.48 Å². The maximum atomic E-state index is 9.04. The average molecular weight is 236 g/mol. The fourth-order valence-electron chi connectivity index (χ4n) is 1.83. The summed E-state index contributed by atoms with van der Waals surface area (Å²) < 4.78 is 0. The number of aliphatic imine (C=N–C) groups is 1. The third-order valence-corrected chi connectivity index (χ3v) is 3.91. The lowest BCUT2D eigenvalue weighted by Crippen LogP contribution is -2.22. The van der Waals surface area contributed by atoms with Crippen LogP contribution in [0.15, 0.2) is 34.2 Å². The molecular weight excluding hydrogens is 220 g/mol. The molecule has 2 rings (SSSR count). The van der Waals surface area contributed by atoms with Crippen LogP contribution in [0.4, 0.5) is 5.69 Å². The van der Waals surface area contributed by atoms with Gasteiger partial charge in [-0.05, 0) is 18.6 Å². The SMILES string of the molecule is CCCC1CC(NO)=Nc2ccccc2S1. The van der Waals surface area contributed by atoms with Gasteiger partial charge in [-0.3, -0.25) is 10.7 Å². The minimum Gasteiger partial charge on any atom is -0.290 e. The molecule has 0 aliphatic carbocycles. The summed E-state index contributed by atoms with van der Waals surface area (Å²) in [6, 6.07) is 8.07. The molecule has 0 fully saturated rings. The first-order valence-corrected chi connectivity index (χ1v) is 6.44. The summed E-state index contributed by atoms with van der Waals surface area (Å²) in [7, 11) is 0. The predicted octanol–water partition coefficient (Wildman–Crippen LogP) is 3.36. The summed E-state index contributed by atoms with van der Waals surface area (Å²) in [5.74, 6) is 0.663. The molecule has 4 heteroatoms. The number of hydrogen-bond acceptors (Lipinski definition) is 4. The summed E-state index contributed by atoms with van der Waals surface area (Å²) in [4.78, 5) is 5.62. The highest BCUT2D eigenvalue weighted by molar-refractivity contribution is 8.00. The third kappa shape index (κ3) is 2.57. The van der Waals surface area contributed by atoms with Crippen molar-refractivity contribution in [2.24, 2.45) is 4.99 Å². The minimum absolute atomic E-state index is 0.493. The van der Waals surface area contributed by atoms with E-state index in [0.717, 1.165) is 24.9 Å². The molecule has 0 aromatic heterocycles. The largest absolute Gasteiger partial charge is 0.290 e. The van der Waals surface area contributed by atoms with E-state index in [9.17, 15) is 0 Å². The summed E-state index contributed by atoms with van der Waals surface area (Å²) >= 11 is 1.86. The molecule has 86 valence electrons. The maximum Gasteiger partial charge on any atom is 0.127 e. The van der Waals surface area contributed by atoms with E-state index in [1.807, 2.05) is 30.0 Å². The van der Waals surface area contributed by atoms with E-state index in [1.165, 1.54) is 4.90 Å². The number of nitrogens with zero attached hydrogens (tertiary/aromatic N) is 1. The van der Waals surface area contributed by atoms with Gasteiger partial charge in [-0.15, -0.1) is 11.8 Å². The van der Waals surface area contributed by atoms with Gasteiger partial charge in [-0.1, -0.05) is 25.5 Å². The molecular formula is C12H16N2OS. The van der Waals surface area contributed by atoms with Crippen LogP contribution < -0.4 is 5.48 Å². The molecule has 0 spiro atoms. The van der Waals surface area contributed by atoms with Crippen LogP contribution in [-0.4, -0.2) is 16.3 Å². The Labute approximate surface area is 99.9 Å². The molecule has 1 aliphatic rings. The Balaban J connectivity index is 2.30. The van der Waals surface area contributed by atoms with Crippen LogP contribution in [0, 0.1) is 0 Å². The van der Waals surface area contributed by atoms with Crippen molar-refractivity contribution in [3.05, 3.63) is 24.3 Å². The van der Waals surface area contributed by atoms with Crippen LogP contribution in [0.2, 0.25) is 0 Å². The Bertz CT molecular complexity index is 392. The molecule has 1 aromatic carbocycles. The fourth-order valence-corrected chi connectivity index (χ4v) is 3.18. The van der Waals surface area contributed by atoms with E-state index in [0.29, 0.717) is 11.1 Å². The van der Waals surface area contributed by atoms with E-state index in [1.54, 1.807) is 0 Å². The van der Waals surface area contributed by atoms with Crippen LogP contribution >= 0.6 is 11.8 Å². The van der Waals surface area contributed by atoms with Crippen LogP contribution in [0.5, 0.6) is 0 Å². The number of thioether (sulfide) groups is 1. The van der Waals surface area contributed by atoms with Gasteiger partial charge in [-0.2, -0.15) is 0 Å². The van der Waals surface area contributed by atoms with Crippen LogP contribution in [0.1, 0.15) is 26.2 Å². The number of nitrogens with one attached hydrogen (secondary N) is 1. The van der Waals surface area contributed by atoms with Gasteiger partial charge >= 0.3 is 0 Å². The summed E-state index contributed by atoms with van der Waals surface area (Å²) in [6.45, 7) is 2.18. The zero-order chi connectivity index (χ0) is 11.4. The minimum atomic E-state index is 0.493. The van der Waals surface area contributed by atoms with E-state index in [4.69, 9.17) is 5.21 Å². The van der Waals surface area contributed by atoms with Gasteiger partial charge in [0.25, 0.3) is 0 Å². The second kappa shape index (κ2) is 5.37. The van der Waals surface area contributed by atoms with Crippen LogP contribution in [0.25, 0.3) is 0 Å². The van der Waals surface area contributed by atoms with Gasteiger partial charge in [0.1, 0.15) is 5.84 Å². The molecule has 1 atom stereocenters. The lowest BCUT2D eigenvalue weighted by atomic mass is 10.2. The Morgan fingerprint density at radius 1 is 1.50 bits per heavy atom. The molecule has 0 bridgehead atoms. The van der Waals surface area contributed by atoms with Gasteiger partial charge in [0, 0.05) is 16.6 Å². The Morgan fingerprint density at radius 3 is 3.06 bits per heavy atom. The molecule has 1 heterocycles. The first kappa shape index (κ1) is 11.5. The summed E-state index contributed by atoms with van der Waals surface area (Å²) in [5.41, 5.74) is 3.16. The van der Waals surface area contributed by atoms with Gasteiger partial charge in [0.05, 0.1) is 5.69 Å². The molecule has 1 aromatic rings. The number of hydrogen-bond donors (Lipinski definition) is 2. The zero-order valence-electron chi connectivity index (χ0n) is 9.31. The molecule has 0 radical (unpaired) electrons. The Morgan fingerprint density at radius 2 is 2.31 bits per heavy atom. The van der Waals surface area contributed by atoms with Gasteiger partial charge in [-0.25, -0.2) is 4.99 Å². The van der Waals surface area contributed by atoms with E-state index >= 15 is 0 Å². The van der Waals surface area contributed by atoms with Gasteiger partial charge < -0.3 is 0 Å². The summed E-state index contributed by atoms with van der Waals surface area (Å²) in [6.07, 6.45) is 3.09. The standard InChI is InChI=1S/C12H16N2OS/c1-2-5-9-8-12(14-15)13-10-6-3-4-7-11(10)16-9/h3-4,6-7,9,15H,2,5,8H2,1H3,(H,13,14). The summed E-state index contributed by atoms with van der Waals surface area (Å²) in [5, 5.41) is 9.53. The monoisotopic (exact) mass is 236 g/mol. The number of hydroxylamine groups is 1. The second-order valence-electron chi connectivity index (χ2n) is 3.87. The number of fused-ring (bicyclic) bond motifs is 1. The molecule has 1 unspecified atom stereocenters. The van der Waals surface area contributed by atoms with Crippen molar-refractivity contribution in [2.45, 2.75) is 36.3 Å². The average Bonchev–Trinajstić information content (AvgIpc) is 2.48. The van der Waals surface area contributed by atoms with Crippen molar-refractivity contribution in [3.63, 3.8) is 0 Å². The Hall–Kier alpha value is -1.00. The van der Waals surface area contributed by atoms with Crippen molar-refractivity contribution >= 4 is 23.3 Å². The molecule has 16 heavy (non-hydrogen) atoms. The fraction of sp³-hybridized carbons (Fsp3) is 0.417. The highest BCUT2D eigenvalue weighted by atomic mass is 32.2. The Kier molecular flexibility index (Phi) is 3.85. The van der Waals surface area contributed by atoms with Gasteiger partial charge in [0.2, 0.25) is 0 Å². The molecule has 0 saturated heterocycles. The van der Waals surface area contributed by atoms with Crippen molar-refractivity contribution < 1.29 is 5.21 Å². The number of para-hydroxylation sites is 1. The van der Waals surface area contributed by atoms with Crippen LogP contribution in [-0.2, 0) is 0 Å². The highest BCUT2D eigenvalue weighted by Crippen LogP contribution is 2.37. The highest BCUT2D eigenvalue weighted by Gasteiger charge is 2.18. The van der Waals surface area contributed by atoms with E-state index in [2.05, 4.69) is 23.5 Å². The normalized spacial score (nSPS) is 19.6. The predicted molar refractivity (Wildman–Crippen MR) is 67.6 cm³/mol. The maximum absolute atomic E-state index is 9.04. The van der Waals surface area contributed by atoms with Crippen LogP contribution in [0.3, 0.4) is 0 Å². The lowest BCUT2D eigenvalue weighted by Gasteiger charge is -2.13. The molecule has 0 saturated carbocycles. The number of benzene rings is 1. The molecule has 3 nitrogen and oxygen atoms in total.